The van der Waals surface area contributed by atoms with Crippen LogP contribution in [0.3, 0.4) is 0 Å². The molecule has 2 heterocycles. The summed E-state index contributed by atoms with van der Waals surface area (Å²) in [7, 11) is 0. The number of nitrogens with zero attached hydrogens (tertiary/aromatic N) is 3. The Bertz CT molecular complexity index is 1390. The molecule has 168 valence electrons. The highest BCUT2D eigenvalue weighted by molar-refractivity contribution is 6.01. The van der Waals surface area contributed by atoms with E-state index in [0.29, 0.717) is 22.4 Å². The number of amides is 1. The van der Waals surface area contributed by atoms with Crippen LogP contribution in [-0.2, 0) is 22.5 Å². The van der Waals surface area contributed by atoms with E-state index in [1.165, 1.54) is 4.68 Å². The Kier molecular flexibility index (Phi) is 6.35. The zero-order valence-corrected chi connectivity index (χ0v) is 18.4. The second kappa shape index (κ2) is 9.52. The second-order valence-electron chi connectivity index (χ2n) is 7.39. The summed E-state index contributed by atoms with van der Waals surface area (Å²) in [6.45, 7) is 3.80. The van der Waals surface area contributed by atoms with Crippen LogP contribution in [0.25, 0.3) is 16.7 Å². The molecule has 1 amide bonds. The van der Waals surface area contributed by atoms with E-state index in [-0.39, 0.29) is 24.3 Å². The van der Waals surface area contributed by atoms with Crippen LogP contribution in [0.1, 0.15) is 29.8 Å². The van der Waals surface area contributed by atoms with Crippen molar-refractivity contribution in [3.63, 3.8) is 0 Å². The number of fused-ring (bicyclic) bond motifs is 1. The highest BCUT2D eigenvalue weighted by atomic mass is 16.5. The number of benzene rings is 2. The topological polar surface area (TPSA) is 95.2 Å². The average molecular weight is 444 g/mol. The molecule has 0 bridgehead atoms. The monoisotopic (exact) mass is 444 g/mol. The quantitative estimate of drug-likeness (QED) is 0.440. The number of rotatable bonds is 7. The van der Waals surface area contributed by atoms with E-state index in [9.17, 15) is 14.4 Å². The molecule has 8 heteroatoms. The zero-order valence-electron chi connectivity index (χ0n) is 18.4. The summed E-state index contributed by atoms with van der Waals surface area (Å²) in [5.74, 6) is -0.926. The fraction of sp³-hybridized carbons (Fsp3) is 0.200. The van der Waals surface area contributed by atoms with Gasteiger partial charge in [-0.3, -0.25) is 14.3 Å². The Balaban J connectivity index is 1.73. The normalized spacial score (nSPS) is 10.8. The molecule has 0 aliphatic heterocycles. The summed E-state index contributed by atoms with van der Waals surface area (Å²) in [5.41, 5.74) is 2.46. The molecule has 2 aromatic heterocycles. The summed E-state index contributed by atoms with van der Waals surface area (Å²) in [4.78, 5) is 42.9. The lowest BCUT2D eigenvalue weighted by atomic mass is 10.1. The standard InChI is InChI=1S/C25H24N4O4/c1-3-17-9-7-10-18(15-17)29-24(31)20-12-8-14-26-23(20)28(29)16-22(30)27-21-13-6-5-11-19(21)25(32)33-4-2/h5-15H,3-4,16H2,1-2H3,(H,27,30). The maximum absolute atomic E-state index is 13.2. The highest BCUT2D eigenvalue weighted by Gasteiger charge is 2.19. The van der Waals surface area contributed by atoms with Gasteiger partial charge in [0.1, 0.15) is 6.54 Å². The van der Waals surface area contributed by atoms with Gasteiger partial charge >= 0.3 is 5.97 Å². The van der Waals surface area contributed by atoms with Gasteiger partial charge in [-0.15, -0.1) is 0 Å². The molecular weight excluding hydrogens is 420 g/mol. The predicted octanol–water partition coefficient (Wildman–Crippen LogP) is 3.57. The summed E-state index contributed by atoms with van der Waals surface area (Å²) >= 11 is 0. The molecule has 0 fully saturated rings. The molecule has 33 heavy (non-hydrogen) atoms. The third-order valence-corrected chi connectivity index (χ3v) is 5.25. The van der Waals surface area contributed by atoms with Gasteiger partial charge < -0.3 is 10.1 Å². The second-order valence-corrected chi connectivity index (χ2v) is 7.39. The van der Waals surface area contributed by atoms with Gasteiger partial charge in [0, 0.05) is 6.20 Å². The number of nitrogens with one attached hydrogen (secondary N) is 1. The van der Waals surface area contributed by atoms with Crippen molar-refractivity contribution >= 4 is 28.6 Å². The minimum Gasteiger partial charge on any atom is -0.462 e. The lowest BCUT2D eigenvalue weighted by Crippen LogP contribution is -2.27. The van der Waals surface area contributed by atoms with Crippen LogP contribution in [0.15, 0.2) is 71.7 Å². The molecule has 4 rings (SSSR count). The van der Waals surface area contributed by atoms with E-state index in [0.717, 1.165) is 12.0 Å². The van der Waals surface area contributed by atoms with Crippen molar-refractivity contribution in [3.8, 4) is 5.69 Å². The van der Waals surface area contributed by atoms with Crippen LogP contribution in [0.4, 0.5) is 5.69 Å². The molecule has 0 aliphatic carbocycles. The zero-order chi connectivity index (χ0) is 23.4. The van der Waals surface area contributed by atoms with Crippen molar-refractivity contribution in [2.75, 3.05) is 11.9 Å². The van der Waals surface area contributed by atoms with Crippen molar-refractivity contribution in [1.82, 2.24) is 14.3 Å². The van der Waals surface area contributed by atoms with Crippen LogP contribution < -0.4 is 10.9 Å². The van der Waals surface area contributed by atoms with Gasteiger partial charge in [-0.25, -0.2) is 14.5 Å². The number of carbonyl (C=O) groups is 2. The van der Waals surface area contributed by atoms with E-state index >= 15 is 0 Å². The minimum atomic E-state index is -0.519. The molecule has 1 N–H and O–H groups in total. The Hall–Kier alpha value is -4.20. The summed E-state index contributed by atoms with van der Waals surface area (Å²) in [6.07, 6.45) is 2.39. The number of hydrogen-bond donors (Lipinski definition) is 1. The van der Waals surface area contributed by atoms with Gasteiger partial charge in [-0.05, 0) is 55.3 Å². The Morgan fingerprint density at radius 2 is 1.85 bits per heavy atom. The first-order valence-electron chi connectivity index (χ1n) is 10.7. The maximum Gasteiger partial charge on any atom is 0.340 e. The minimum absolute atomic E-state index is 0.177. The Morgan fingerprint density at radius 3 is 2.64 bits per heavy atom. The Morgan fingerprint density at radius 1 is 1.03 bits per heavy atom. The van der Waals surface area contributed by atoms with Crippen LogP contribution in [0, 0.1) is 0 Å². The fourth-order valence-electron chi connectivity index (χ4n) is 3.70. The molecular formula is C25H24N4O4. The van der Waals surface area contributed by atoms with Gasteiger partial charge in [0.05, 0.1) is 28.9 Å². The lowest BCUT2D eigenvalue weighted by Gasteiger charge is -2.14. The fourth-order valence-corrected chi connectivity index (χ4v) is 3.70. The number of esters is 1. The molecule has 2 aromatic carbocycles. The largest absolute Gasteiger partial charge is 0.462 e. The number of ether oxygens (including phenoxy) is 1. The van der Waals surface area contributed by atoms with E-state index in [4.69, 9.17) is 4.74 Å². The number of aryl methyl sites for hydroxylation is 1. The maximum atomic E-state index is 13.2. The molecule has 0 aliphatic rings. The van der Waals surface area contributed by atoms with Gasteiger partial charge in [-0.2, -0.15) is 0 Å². The van der Waals surface area contributed by atoms with Crippen LogP contribution in [-0.4, -0.2) is 32.8 Å². The molecule has 0 radical (unpaired) electrons. The van der Waals surface area contributed by atoms with Gasteiger partial charge in [0.25, 0.3) is 5.56 Å². The number of pyridine rings is 1. The lowest BCUT2D eigenvalue weighted by molar-refractivity contribution is -0.116. The number of hydrogen-bond acceptors (Lipinski definition) is 5. The van der Waals surface area contributed by atoms with Gasteiger partial charge in [0.15, 0.2) is 5.65 Å². The Labute approximate surface area is 190 Å². The van der Waals surface area contributed by atoms with Crippen LogP contribution in [0.5, 0.6) is 0 Å². The van der Waals surface area contributed by atoms with E-state index in [2.05, 4.69) is 10.3 Å². The van der Waals surface area contributed by atoms with Crippen molar-refractivity contribution in [1.29, 1.82) is 0 Å². The predicted molar refractivity (Wildman–Crippen MR) is 126 cm³/mol. The molecule has 0 saturated carbocycles. The summed E-state index contributed by atoms with van der Waals surface area (Å²) in [5, 5.41) is 3.19. The summed E-state index contributed by atoms with van der Waals surface area (Å²) < 4.78 is 8.09. The number of aromatic nitrogens is 3. The van der Waals surface area contributed by atoms with E-state index < -0.39 is 11.9 Å². The first-order valence-corrected chi connectivity index (χ1v) is 10.7. The third-order valence-electron chi connectivity index (χ3n) is 5.25. The average Bonchev–Trinajstić information content (AvgIpc) is 3.11. The number of para-hydroxylation sites is 1. The van der Waals surface area contributed by atoms with E-state index in [1.54, 1.807) is 54.2 Å². The van der Waals surface area contributed by atoms with Crippen LogP contribution >= 0.6 is 0 Å². The van der Waals surface area contributed by atoms with Crippen molar-refractivity contribution in [2.24, 2.45) is 0 Å². The number of anilines is 1. The van der Waals surface area contributed by atoms with Crippen LogP contribution in [0.2, 0.25) is 0 Å². The van der Waals surface area contributed by atoms with E-state index in [1.807, 2.05) is 31.2 Å². The third kappa shape index (κ3) is 4.41. The first-order chi connectivity index (χ1) is 16.0. The molecule has 0 unspecified atom stereocenters. The van der Waals surface area contributed by atoms with Crippen molar-refractivity contribution in [3.05, 3.63) is 88.3 Å². The van der Waals surface area contributed by atoms with Crippen molar-refractivity contribution < 1.29 is 14.3 Å². The molecule has 0 spiro atoms. The van der Waals surface area contributed by atoms with Crippen molar-refractivity contribution in [2.45, 2.75) is 26.8 Å². The van der Waals surface area contributed by atoms with Gasteiger partial charge in [-0.1, -0.05) is 31.2 Å². The molecule has 8 nitrogen and oxygen atoms in total. The SMILES string of the molecule is CCOC(=O)c1ccccc1NC(=O)Cn1c2ncccc2c(=O)n1-c1cccc(CC)c1. The molecule has 4 aromatic rings. The smallest absolute Gasteiger partial charge is 0.340 e. The molecule has 0 saturated heterocycles. The first kappa shape index (κ1) is 22.0. The summed E-state index contributed by atoms with van der Waals surface area (Å²) in [6, 6.07) is 17.6. The van der Waals surface area contributed by atoms with Gasteiger partial charge in [0.2, 0.25) is 5.91 Å². The number of carbonyl (C=O) groups excluding carboxylic acids is 2. The highest BCUT2D eigenvalue weighted by Crippen LogP contribution is 2.18. The molecule has 0 atom stereocenters.